The number of carbonyl (C=O) groups is 1. The summed E-state index contributed by atoms with van der Waals surface area (Å²) in [6.45, 7) is 3.66. The molecular formula is C23H28N2O. The maximum atomic E-state index is 12.3. The Hall–Kier alpha value is -2.13. The normalized spacial score (nSPS) is 26.1. The number of anilines is 1. The molecule has 2 aromatic rings. The third kappa shape index (κ3) is 3.68. The molecule has 136 valence electrons. The SMILES string of the molecule is C[C@H]1CCCN1C1CCC(c2ccc(NC(=O)c3ccccc3)cc2)C1. The minimum absolute atomic E-state index is 0.0534. The summed E-state index contributed by atoms with van der Waals surface area (Å²) in [5.74, 6) is 0.606. The first-order valence-electron chi connectivity index (χ1n) is 9.93. The Morgan fingerprint density at radius 2 is 1.77 bits per heavy atom. The van der Waals surface area contributed by atoms with Gasteiger partial charge >= 0.3 is 0 Å². The van der Waals surface area contributed by atoms with Crippen LogP contribution < -0.4 is 5.32 Å². The molecule has 3 heteroatoms. The Labute approximate surface area is 156 Å². The summed E-state index contributed by atoms with van der Waals surface area (Å²) in [6, 6.07) is 19.4. The quantitative estimate of drug-likeness (QED) is 0.837. The summed E-state index contributed by atoms with van der Waals surface area (Å²) in [5, 5.41) is 2.99. The van der Waals surface area contributed by atoms with Crippen molar-refractivity contribution in [3.8, 4) is 0 Å². The topological polar surface area (TPSA) is 32.3 Å². The van der Waals surface area contributed by atoms with Gasteiger partial charge in [-0.1, -0.05) is 30.3 Å². The molecule has 1 saturated carbocycles. The Balaban J connectivity index is 1.37. The number of benzene rings is 2. The number of nitrogens with zero attached hydrogens (tertiary/aromatic N) is 1. The molecule has 0 aromatic heterocycles. The third-order valence-electron chi connectivity index (χ3n) is 6.15. The molecule has 3 nitrogen and oxygen atoms in total. The number of likely N-dealkylation sites (tertiary alicyclic amines) is 1. The van der Waals surface area contributed by atoms with Crippen molar-refractivity contribution >= 4 is 11.6 Å². The van der Waals surface area contributed by atoms with E-state index in [0.29, 0.717) is 11.5 Å². The lowest BCUT2D eigenvalue weighted by Gasteiger charge is -2.28. The van der Waals surface area contributed by atoms with Crippen LogP contribution >= 0.6 is 0 Å². The zero-order chi connectivity index (χ0) is 17.9. The molecule has 2 fully saturated rings. The molecule has 2 aliphatic rings. The van der Waals surface area contributed by atoms with Gasteiger partial charge in [0.1, 0.15) is 0 Å². The van der Waals surface area contributed by atoms with Gasteiger partial charge in [0.15, 0.2) is 0 Å². The van der Waals surface area contributed by atoms with Gasteiger partial charge in [0.05, 0.1) is 0 Å². The van der Waals surface area contributed by atoms with Crippen LogP contribution in [0.3, 0.4) is 0 Å². The van der Waals surface area contributed by atoms with E-state index in [4.69, 9.17) is 0 Å². The van der Waals surface area contributed by atoms with Crippen molar-refractivity contribution in [3.05, 3.63) is 65.7 Å². The number of rotatable bonds is 4. The van der Waals surface area contributed by atoms with E-state index in [-0.39, 0.29) is 5.91 Å². The number of amides is 1. The lowest BCUT2D eigenvalue weighted by atomic mass is 9.97. The monoisotopic (exact) mass is 348 g/mol. The Morgan fingerprint density at radius 3 is 2.46 bits per heavy atom. The van der Waals surface area contributed by atoms with Crippen LogP contribution in [0.15, 0.2) is 54.6 Å². The Morgan fingerprint density at radius 1 is 1.00 bits per heavy atom. The van der Waals surface area contributed by atoms with Crippen LogP contribution in [0.25, 0.3) is 0 Å². The maximum absolute atomic E-state index is 12.3. The fourth-order valence-electron chi connectivity index (χ4n) is 4.69. The molecule has 1 saturated heterocycles. The average molecular weight is 348 g/mol. The van der Waals surface area contributed by atoms with E-state index >= 15 is 0 Å². The molecule has 1 aliphatic heterocycles. The van der Waals surface area contributed by atoms with Crippen molar-refractivity contribution in [1.82, 2.24) is 4.90 Å². The molecule has 2 aromatic carbocycles. The predicted octanol–water partition coefficient (Wildman–Crippen LogP) is 5.06. The van der Waals surface area contributed by atoms with Crippen LogP contribution in [0.4, 0.5) is 5.69 Å². The standard InChI is InChI=1S/C23H28N2O/c1-17-6-5-15-25(17)22-14-11-20(16-22)18-9-12-21(13-10-18)24-23(26)19-7-3-2-4-8-19/h2-4,7-10,12-13,17,20,22H,5-6,11,14-16H2,1H3,(H,24,26)/t17-,20?,22?/m0/s1. The first-order chi connectivity index (χ1) is 12.7. The highest BCUT2D eigenvalue weighted by Gasteiger charge is 2.34. The van der Waals surface area contributed by atoms with E-state index in [0.717, 1.165) is 17.8 Å². The second kappa shape index (κ2) is 7.63. The van der Waals surface area contributed by atoms with Crippen molar-refractivity contribution < 1.29 is 4.79 Å². The average Bonchev–Trinajstić information content (AvgIpc) is 3.32. The van der Waals surface area contributed by atoms with Crippen LogP contribution in [0.5, 0.6) is 0 Å². The molecule has 1 heterocycles. The van der Waals surface area contributed by atoms with Crippen LogP contribution in [0.1, 0.15) is 60.9 Å². The molecule has 0 radical (unpaired) electrons. The largest absolute Gasteiger partial charge is 0.322 e. The summed E-state index contributed by atoms with van der Waals surface area (Å²) >= 11 is 0. The van der Waals surface area contributed by atoms with Gasteiger partial charge in [0.2, 0.25) is 0 Å². The summed E-state index contributed by atoms with van der Waals surface area (Å²) in [6.07, 6.45) is 6.60. The smallest absolute Gasteiger partial charge is 0.255 e. The first kappa shape index (κ1) is 17.3. The van der Waals surface area contributed by atoms with Crippen LogP contribution in [-0.4, -0.2) is 29.4 Å². The van der Waals surface area contributed by atoms with Crippen molar-refractivity contribution in [2.75, 3.05) is 11.9 Å². The van der Waals surface area contributed by atoms with Gasteiger partial charge in [-0.25, -0.2) is 0 Å². The van der Waals surface area contributed by atoms with Crippen molar-refractivity contribution in [2.45, 2.75) is 57.0 Å². The van der Waals surface area contributed by atoms with Crippen molar-refractivity contribution in [1.29, 1.82) is 0 Å². The molecule has 4 rings (SSSR count). The minimum atomic E-state index is -0.0534. The molecule has 0 bridgehead atoms. The fraction of sp³-hybridized carbons (Fsp3) is 0.435. The third-order valence-corrected chi connectivity index (χ3v) is 6.15. The van der Waals surface area contributed by atoms with Crippen LogP contribution in [0.2, 0.25) is 0 Å². The summed E-state index contributed by atoms with van der Waals surface area (Å²) in [7, 11) is 0. The van der Waals surface area contributed by atoms with Gasteiger partial charge in [0, 0.05) is 23.3 Å². The van der Waals surface area contributed by atoms with Crippen molar-refractivity contribution in [2.24, 2.45) is 0 Å². The van der Waals surface area contributed by atoms with Gasteiger partial charge in [-0.2, -0.15) is 0 Å². The second-order valence-electron chi connectivity index (χ2n) is 7.84. The zero-order valence-electron chi connectivity index (χ0n) is 15.5. The lowest BCUT2D eigenvalue weighted by molar-refractivity contribution is 0.102. The fourth-order valence-corrected chi connectivity index (χ4v) is 4.69. The van der Waals surface area contributed by atoms with Gasteiger partial charge in [-0.05, 0) is 81.3 Å². The number of carbonyl (C=O) groups excluding carboxylic acids is 1. The molecular weight excluding hydrogens is 320 g/mol. The van der Waals surface area contributed by atoms with Gasteiger partial charge < -0.3 is 5.32 Å². The van der Waals surface area contributed by atoms with E-state index in [1.807, 2.05) is 42.5 Å². The molecule has 2 unspecified atom stereocenters. The number of hydrogen-bond donors (Lipinski definition) is 1. The van der Waals surface area contributed by atoms with E-state index in [1.54, 1.807) is 0 Å². The summed E-state index contributed by atoms with van der Waals surface area (Å²) in [5.41, 5.74) is 2.97. The maximum Gasteiger partial charge on any atom is 0.255 e. The van der Waals surface area contributed by atoms with E-state index < -0.39 is 0 Å². The zero-order valence-corrected chi connectivity index (χ0v) is 15.5. The van der Waals surface area contributed by atoms with E-state index in [1.165, 1.54) is 44.2 Å². The van der Waals surface area contributed by atoms with Gasteiger partial charge in [-0.3, -0.25) is 9.69 Å². The lowest BCUT2D eigenvalue weighted by Crippen LogP contribution is -2.35. The molecule has 1 aliphatic carbocycles. The summed E-state index contributed by atoms with van der Waals surface area (Å²) in [4.78, 5) is 15.0. The van der Waals surface area contributed by atoms with E-state index in [9.17, 15) is 4.79 Å². The number of nitrogens with one attached hydrogen (secondary N) is 1. The van der Waals surface area contributed by atoms with Crippen molar-refractivity contribution in [3.63, 3.8) is 0 Å². The minimum Gasteiger partial charge on any atom is -0.322 e. The highest BCUT2D eigenvalue weighted by Crippen LogP contribution is 2.39. The molecule has 1 amide bonds. The summed E-state index contributed by atoms with van der Waals surface area (Å²) < 4.78 is 0. The first-order valence-corrected chi connectivity index (χ1v) is 9.93. The number of hydrogen-bond acceptors (Lipinski definition) is 2. The highest BCUT2D eigenvalue weighted by atomic mass is 16.1. The van der Waals surface area contributed by atoms with Crippen LogP contribution in [0, 0.1) is 0 Å². The van der Waals surface area contributed by atoms with Gasteiger partial charge in [-0.15, -0.1) is 0 Å². The molecule has 0 spiro atoms. The van der Waals surface area contributed by atoms with E-state index in [2.05, 4.69) is 29.3 Å². The molecule has 3 atom stereocenters. The molecule has 1 N–H and O–H groups in total. The van der Waals surface area contributed by atoms with Gasteiger partial charge in [0.25, 0.3) is 5.91 Å². The highest BCUT2D eigenvalue weighted by molar-refractivity contribution is 6.04. The Bertz CT molecular complexity index is 741. The predicted molar refractivity (Wildman–Crippen MR) is 107 cm³/mol. The second-order valence-corrected chi connectivity index (χ2v) is 7.84. The Kier molecular flexibility index (Phi) is 5.07. The van der Waals surface area contributed by atoms with Crippen LogP contribution in [-0.2, 0) is 0 Å². The molecule has 26 heavy (non-hydrogen) atoms.